The largest absolute Gasteiger partial charge is 0.383 e. The Kier molecular flexibility index (Phi) is 7.58. The number of nitrogens with one attached hydrogen (secondary N) is 1. The van der Waals surface area contributed by atoms with Crippen molar-refractivity contribution in [3.05, 3.63) is 66.2 Å². The first-order valence-electron chi connectivity index (χ1n) is 15.1. The number of rotatable bonds is 8. The molecule has 0 radical (unpaired) electrons. The fraction of sp³-hybridized carbons (Fsp3) is 0.438. The smallest absolute Gasteiger partial charge is 0.164 e. The van der Waals surface area contributed by atoms with Gasteiger partial charge in [-0.1, -0.05) is 36.4 Å². The molecule has 0 atom stereocenters. The van der Waals surface area contributed by atoms with Crippen LogP contribution in [0.2, 0.25) is 0 Å². The van der Waals surface area contributed by atoms with E-state index in [1.54, 1.807) is 13.4 Å². The summed E-state index contributed by atoms with van der Waals surface area (Å²) in [4.78, 5) is 22.6. The van der Waals surface area contributed by atoms with Crippen molar-refractivity contribution < 1.29 is 4.74 Å². The molecule has 42 heavy (non-hydrogen) atoms. The summed E-state index contributed by atoms with van der Waals surface area (Å²) in [6, 6.07) is 17.6. The van der Waals surface area contributed by atoms with Crippen LogP contribution >= 0.6 is 0 Å². The molecule has 0 amide bonds. The van der Waals surface area contributed by atoms with Crippen molar-refractivity contribution >= 4 is 27.9 Å². The number of piperazine rings is 1. The Labute approximate surface area is 245 Å². The van der Waals surface area contributed by atoms with Gasteiger partial charge in [-0.3, -0.25) is 9.80 Å². The zero-order valence-electron chi connectivity index (χ0n) is 24.2. The lowest BCUT2D eigenvalue weighted by Gasteiger charge is -2.42. The lowest BCUT2D eigenvalue weighted by Crippen LogP contribution is -2.51. The van der Waals surface area contributed by atoms with Crippen LogP contribution in [0.4, 0.5) is 5.82 Å². The van der Waals surface area contributed by atoms with Crippen LogP contribution in [0.25, 0.3) is 33.3 Å². The van der Waals surface area contributed by atoms with Gasteiger partial charge in [-0.15, -0.1) is 0 Å². The molecule has 0 unspecified atom stereocenters. The molecule has 0 bridgehead atoms. The third-order valence-electron chi connectivity index (χ3n) is 9.09. The van der Waals surface area contributed by atoms with Crippen molar-refractivity contribution in [1.29, 1.82) is 0 Å². The molecule has 10 nitrogen and oxygen atoms in total. The van der Waals surface area contributed by atoms with Crippen LogP contribution in [-0.4, -0.2) is 92.0 Å². The molecular weight excluding hydrogens is 526 g/mol. The van der Waals surface area contributed by atoms with Gasteiger partial charge in [0.1, 0.15) is 23.7 Å². The monoisotopic (exact) mass is 565 g/mol. The van der Waals surface area contributed by atoms with Gasteiger partial charge in [0.15, 0.2) is 5.65 Å². The molecule has 2 aromatic carbocycles. The van der Waals surface area contributed by atoms with Crippen LogP contribution in [0.15, 0.2) is 54.9 Å². The highest BCUT2D eigenvalue weighted by atomic mass is 16.5. The van der Waals surface area contributed by atoms with Crippen molar-refractivity contribution in [3.8, 4) is 11.3 Å². The summed E-state index contributed by atoms with van der Waals surface area (Å²) in [5.41, 5.74) is 12.2. The Hall–Kier alpha value is -3.86. The number of benzene rings is 2. The van der Waals surface area contributed by atoms with Gasteiger partial charge in [-0.05, 0) is 43.4 Å². The van der Waals surface area contributed by atoms with Crippen molar-refractivity contribution in [2.75, 3.05) is 52.2 Å². The number of nitrogen functional groups attached to an aromatic ring is 1. The molecule has 3 N–H and O–H groups in total. The number of hydrogen-bond donors (Lipinski definition) is 2. The van der Waals surface area contributed by atoms with E-state index in [9.17, 15) is 0 Å². The van der Waals surface area contributed by atoms with Gasteiger partial charge < -0.3 is 15.5 Å². The standard InChI is InChI=1S/C32H39N9O/c1-42-18-17-39-13-15-40(16-14-39)24-8-10-25(11-9-24)41-32-29(31(33)34-21-35-32)30(38-41)23-7-12-26-27(20-23)37-28(36-26)19-22-5-3-2-4-6-22/h2-7,12,20-21,24-25H,8-11,13-19H2,1H3,(H,36,37)(H2,33,34,35)/t24-,25+. The summed E-state index contributed by atoms with van der Waals surface area (Å²) >= 11 is 0. The van der Waals surface area contributed by atoms with Gasteiger partial charge in [0.2, 0.25) is 0 Å². The number of anilines is 1. The zero-order valence-corrected chi connectivity index (χ0v) is 24.2. The van der Waals surface area contributed by atoms with Crippen LogP contribution in [0.3, 0.4) is 0 Å². The predicted molar refractivity (Wildman–Crippen MR) is 165 cm³/mol. The molecule has 1 saturated heterocycles. The molecule has 3 aromatic heterocycles. The maximum atomic E-state index is 6.46. The normalized spacial score (nSPS) is 20.5. The van der Waals surface area contributed by atoms with E-state index in [1.165, 1.54) is 18.4 Å². The summed E-state index contributed by atoms with van der Waals surface area (Å²) in [5, 5.41) is 5.99. The number of aromatic nitrogens is 6. The van der Waals surface area contributed by atoms with Gasteiger partial charge in [-0.25, -0.2) is 19.6 Å². The molecule has 4 heterocycles. The Balaban J connectivity index is 1.10. The van der Waals surface area contributed by atoms with E-state index in [0.717, 1.165) is 97.7 Å². The maximum absolute atomic E-state index is 6.46. The van der Waals surface area contributed by atoms with E-state index >= 15 is 0 Å². The van der Waals surface area contributed by atoms with Crippen LogP contribution in [-0.2, 0) is 11.2 Å². The molecule has 1 saturated carbocycles. The predicted octanol–water partition coefficient (Wildman–Crippen LogP) is 4.29. The van der Waals surface area contributed by atoms with Gasteiger partial charge in [0, 0.05) is 57.9 Å². The fourth-order valence-electron chi connectivity index (χ4n) is 6.77. The summed E-state index contributed by atoms with van der Waals surface area (Å²) in [7, 11) is 1.78. The molecule has 10 heteroatoms. The summed E-state index contributed by atoms with van der Waals surface area (Å²) in [6.45, 7) is 6.37. The van der Waals surface area contributed by atoms with Gasteiger partial charge in [0.05, 0.1) is 29.1 Å². The van der Waals surface area contributed by atoms with E-state index in [4.69, 9.17) is 20.6 Å². The average Bonchev–Trinajstić information content (AvgIpc) is 3.62. The molecule has 1 aliphatic heterocycles. The number of H-pyrrole nitrogens is 1. The average molecular weight is 566 g/mol. The second-order valence-electron chi connectivity index (χ2n) is 11.7. The number of methoxy groups -OCH3 is 1. The topological polar surface area (TPSA) is 114 Å². The molecule has 7 rings (SSSR count). The number of nitrogens with zero attached hydrogens (tertiary/aromatic N) is 7. The minimum absolute atomic E-state index is 0.293. The zero-order chi connectivity index (χ0) is 28.5. The second-order valence-corrected chi connectivity index (χ2v) is 11.7. The van der Waals surface area contributed by atoms with Crippen LogP contribution in [0, 0.1) is 0 Å². The van der Waals surface area contributed by atoms with Gasteiger partial charge >= 0.3 is 0 Å². The molecule has 0 spiro atoms. The van der Waals surface area contributed by atoms with E-state index in [0.29, 0.717) is 17.9 Å². The fourth-order valence-corrected chi connectivity index (χ4v) is 6.77. The highest BCUT2D eigenvalue weighted by molar-refractivity contribution is 5.99. The van der Waals surface area contributed by atoms with Crippen molar-refractivity contribution in [2.45, 2.75) is 44.2 Å². The minimum Gasteiger partial charge on any atom is -0.383 e. The lowest BCUT2D eigenvalue weighted by molar-refractivity contribution is 0.0572. The summed E-state index contributed by atoms with van der Waals surface area (Å²) < 4.78 is 7.39. The molecule has 5 aromatic rings. The third kappa shape index (κ3) is 5.37. The maximum Gasteiger partial charge on any atom is 0.164 e. The quantitative estimate of drug-likeness (QED) is 0.287. The number of hydrogen-bond acceptors (Lipinski definition) is 8. The molecule has 2 fully saturated rings. The Morgan fingerprint density at radius 3 is 2.52 bits per heavy atom. The summed E-state index contributed by atoms with van der Waals surface area (Å²) in [5.74, 6) is 1.41. The first kappa shape index (κ1) is 27.0. The Morgan fingerprint density at radius 2 is 1.74 bits per heavy atom. The van der Waals surface area contributed by atoms with Crippen molar-refractivity contribution in [3.63, 3.8) is 0 Å². The van der Waals surface area contributed by atoms with Gasteiger partial charge in [-0.2, -0.15) is 5.10 Å². The van der Waals surface area contributed by atoms with Crippen molar-refractivity contribution in [2.24, 2.45) is 0 Å². The van der Waals surface area contributed by atoms with Crippen molar-refractivity contribution in [1.82, 2.24) is 39.5 Å². The number of fused-ring (bicyclic) bond motifs is 2. The van der Waals surface area contributed by atoms with E-state index in [-0.39, 0.29) is 0 Å². The summed E-state index contributed by atoms with van der Waals surface area (Å²) in [6.07, 6.45) is 6.81. The van der Waals surface area contributed by atoms with E-state index in [1.807, 2.05) is 6.07 Å². The van der Waals surface area contributed by atoms with Gasteiger partial charge in [0.25, 0.3) is 0 Å². The second kappa shape index (κ2) is 11.8. The number of aromatic amines is 1. The molecule has 1 aliphatic carbocycles. The van der Waals surface area contributed by atoms with E-state index in [2.05, 4.69) is 71.9 Å². The third-order valence-corrected chi connectivity index (χ3v) is 9.09. The van der Waals surface area contributed by atoms with Crippen LogP contribution in [0.5, 0.6) is 0 Å². The lowest BCUT2D eigenvalue weighted by atomic mass is 9.90. The first-order valence-corrected chi connectivity index (χ1v) is 15.1. The highest BCUT2D eigenvalue weighted by Gasteiger charge is 2.31. The Bertz CT molecular complexity index is 1650. The SMILES string of the molecule is COCCN1CCN([C@H]2CC[C@@H](n3nc(-c4ccc5[nH]c(Cc6ccccc6)nc5c4)c4c(N)ncnc43)CC2)CC1. The van der Waals surface area contributed by atoms with E-state index < -0.39 is 0 Å². The van der Waals surface area contributed by atoms with Crippen LogP contribution in [0.1, 0.15) is 43.1 Å². The number of nitrogens with two attached hydrogens (primary N) is 1. The first-order chi connectivity index (χ1) is 20.7. The Morgan fingerprint density at radius 1 is 0.952 bits per heavy atom. The van der Waals surface area contributed by atoms with Crippen LogP contribution < -0.4 is 5.73 Å². The molecule has 2 aliphatic rings. The minimum atomic E-state index is 0.293. The molecule has 218 valence electrons. The number of ether oxygens (including phenoxy) is 1. The molecular formula is C32H39N9O. The number of imidazole rings is 1. The highest BCUT2D eigenvalue weighted by Crippen LogP contribution is 2.37.